The van der Waals surface area contributed by atoms with E-state index < -0.39 is 0 Å². The fraction of sp³-hybridized carbons (Fsp3) is 0.0417. The van der Waals surface area contributed by atoms with Crippen LogP contribution in [0.2, 0.25) is 0 Å². The van der Waals surface area contributed by atoms with Crippen LogP contribution in [0.15, 0.2) is 89.3 Å². The predicted octanol–water partition coefficient (Wildman–Crippen LogP) is 5.89. The summed E-state index contributed by atoms with van der Waals surface area (Å²) in [5.74, 6) is 0.248. The van der Waals surface area contributed by atoms with Gasteiger partial charge in [-0.25, -0.2) is 0 Å². The first-order valence-corrected chi connectivity index (χ1v) is 8.86. The zero-order valence-corrected chi connectivity index (χ0v) is 14.5. The van der Waals surface area contributed by atoms with Crippen LogP contribution < -0.4 is 4.74 Å². The Morgan fingerprint density at radius 2 is 1.48 bits per heavy atom. The van der Waals surface area contributed by atoms with Crippen LogP contribution in [0.3, 0.4) is 0 Å². The number of fused-ring (bicyclic) bond motifs is 4. The fourth-order valence-corrected chi connectivity index (χ4v) is 3.54. The highest BCUT2D eigenvalue weighted by Crippen LogP contribution is 2.31. The van der Waals surface area contributed by atoms with Crippen LogP contribution in [0.4, 0.5) is 0 Å². The fourth-order valence-electron chi connectivity index (χ4n) is 3.54. The zero-order chi connectivity index (χ0) is 18.2. The topological polar surface area (TPSA) is 39.4 Å². The molecule has 0 saturated heterocycles. The van der Waals surface area contributed by atoms with Crippen molar-refractivity contribution < 1.29 is 13.9 Å². The predicted molar refractivity (Wildman–Crippen MR) is 107 cm³/mol. The molecule has 5 rings (SSSR count). The molecule has 0 unspecified atom stereocenters. The van der Waals surface area contributed by atoms with Crippen molar-refractivity contribution >= 4 is 38.7 Å². The molecule has 3 nitrogen and oxygen atoms in total. The minimum absolute atomic E-state index is 0.228. The second kappa shape index (κ2) is 6.29. The van der Waals surface area contributed by atoms with Gasteiger partial charge >= 0.3 is 5.97 Å². The molecule has 0 saturated carbocycles. The quantitative estimate of drug-likeness (QED) is 0.300. The van der Waals surface area contributed by atoms with Crippen molar-refractivity contribution in [2.24, 2.45) is 0 Å². The van der Waals surface area contributed by atoms with Gasteiger partial charge < -0.3 is 9.15 Å². The smallest absolute Gasteiger partial charge is 0.315 e. The monoisotopic (exact) mass is 352 g/mol. The number of carbonyl (C=O) groups is 1. The first kappa shape index (κ1) is 15.6. The number of rotatable bonds is 3. The molecular weight excluding hydrogens is 336 g/mol. The largest absolute Gasteiger partial charge is 0.456 e. The van der Waals surface area contributed by atoms with Crippen LogP contribution in [0, 0.1) is 0 Å². The molecule has 0 aliphatic rings. The summed E-state index contributed by atoms with van der Waals surface area (Å²) in [7, 11) is 0. The lowest BCUT2D eigenvalue weighted by atomic mass is 10.0. The van der Waals surface area contributed by atoms with Crippen molar-refractivity contribution in [2.45, 2.75) is 6.42 Å². The van der Waals surface area contributed by atoms with E-state index in [2.05, 4.69) is 0 Å². The third kappa shape index (κ3) is 2.83. The average molecular weight is 352 g/mol. The highest BCUT2D eigenvalue weighted by Gasteiger charge is 2.12. The van der Waals surface area contributed by atoms with E-state index in [4.69, 9.17) is 9.15 Å². The van der Waals surface area contributed by atoms with E-state index in [-0.39, 0.29) is 12.4 Å². The summed E-state index contributed by atoms with van der Waals surface area (Å²) in [6.45, 7) is 0. The molecule has 27 heavy (non-hydrogen) atoms. The summed E-state index contributed by atoms with van der Waals surface area (Å²) in [5, 5.41) is 4.16. The number of para-hydroxylation sites is 1. The van der Waals surface area contributed by atoms with Crippen molar-refractivity contribution in [3.8, 4) is 5.75 Å². The number of esters is 1. The van der Waals surface area contributed by atoms with Crippen molar-refractivity contribution in [2.75, 3.05) is 0 Å². The molecule has 0 atom stereocenters. The Hall–Kier alpha value is -3.59. The van der Waals surface area contributed by atoms with Crippen LogP contribution in [0.25, 0.3) is 32.7 Å². The second-order valence-corrected chi connectivity index (χ2v) is 6.55. The molecule has 0 aliphatic carbocycles. The van der Waals surface area contributed by atoms with Gasteiger partial charge in [0.05, 0.1) is 6.42 Å². The minimum Gasteiger partial charge on any atom is -0.456 e. The number of hydrogen-bond acceptors (Lipinski definition) is 3. The van der Waals surface area contributed by atoms with Gasteiger partial charge in [0, 0.05) is 10.8 Å². The minimum atomic E-state index is -0.279. The van der Waals surface area contributed by atoms with Crippen LogP contribution >= 0.6 is 0 Å². The first-order chi connectivity index (χ1) is 13.3. The van der Waals surface area contributed by atoms with Gasteiger partial charge in [0.25, 0.3) is 0 Å². The molecule has 0 radical (unpaired) electrons. The van der Waals surface area contributed by atoms with Crippen molar-refractivity contribution in [3.05, 3.63) is 90.5 Å². The summed E-state index contributed by atoms with van der Waals surface area (Å²) in [5.41, 5.74) is 2.57. The Kier molecular flexibility index (Phi) is 3.65. The summed E-state index contributed by atoms with van der Waals surface area (Å²) in [6.07, 6.45) is 0.228. The highest BCUT2D eigenvalue weighted by atomic mass is 16.5. The lowest BCUT2D eigenvalue weighted by Crippen LogP contribution is -2.11. The Balaban J connectivity index is 1.44. The van der Waals surface area contributed by atoms with Crippen molar-refractivity contribution in [3.63, 3.8) is 0 Å². The molecular formula is C24H16O3. The molecule has 3 heteroatoms. The van der Waals surface area contributed by atoms with Gasteiger partial charge in [-0.1, -0.05) is 60.7 Å². The van der Waals surface area contributed by atoms with Gasteiger partial charge in [0.15, 0.2) is 0 Å². The number of furan rings is 1. The molecule has 0 N–H and O–H groups in total. The molecule has 0 bridgehead atoms. The van der Waals surface area contributed by atoms with Gasteiger partial charge in [-0.3, -0.25) is 4.79 Å². The summed E-state index contributed by atoms with van der Waals surface area (Å²) >= 11 is 0. The van der Waals surface area contributed by atoms with E-state index in [9.17, 15) is 4.79 Å². The summed E-state index contributed by atoms with van der Waals surface area (Å²) < 4.78 is 11.4. The molecule has 0 amide bonds. The molecule has 130 valence electrons. The third-order valence-electron chi connectivity index (χ3n) is 4.79. The van der Waals surface area contributed by atoms with Crippen LogP contribution in [-0.2, 0) is 11.2 Å². The molecule has 0 spiro atoms. The zero-order valence-electron chi connectivity index (χ0n) is 14.5. The summed E-state index contributed by atoms with van der Waals surface area (Å²) in [4.78, 5) is 12.5. The normalized spacial score (nSPS) is 11.3. The van der Waals surface area contributed by atoms with Gasteiger partial charge in [-0.05, 0) is 40.6 Å². The lowest BCUT2D eigenvalue weighted by molar-refractivity contribution is -0.133. The first-order valence-electron chi connectivity index (χ1n) is 8.86. The van der Waals surface area contributed by atoms with Gasteiger partial charge in [-0.2, -0.15) is 0 Å². The SMILES string of the molecule is O=C(Cc1cccc2ccccc12)Oc1ccc2oc3ccccc3c2c1. The molecule has 4 aromatic carbocycles. The van der Waals surface area contributed by atoms with E-state index in [0.717, 1.165) is 38.3 Å². The van der Waals surface area contributed by atoms with Crippen molar-refractivity contribution in [1.82, 2.24) is 0 Å². The molecule has 0 aliphatic heterocycles. The average Bonchev–Trinajstić information content (AvgIpc) is 3.06. The Morgan fingerprint density at radius 3 is 2.41 bits per heavy atom. The van der Waals surface area contributed by atoms with Gasteiger partial charge in [0.1, 0.15) is 16.9 Å². The number of benzene rings is 4. The molecule has 1 heterocycles. The highest BCUT2D eigenvalue weighted by molar-refractivity contribution is 6.05. The number of carbonyl (C=O) groups excluding carboxylic acids is 1. The summed E-state index contributed by atoms with van der Waals surface area (Å²) in [6, 6.07) is 27.3. The van der Waals surface area contributed by atoms with E-state index in [1.165, 1.54) is 0 Å². The van der Waals surface area contributed by atoms with Gasteiger partial charge in [-0.15, -0.1) is 0 Å². The maximum atomic E-state index is 12.5. The lowest BCUT2D eigenvalue weighted by Gasteiger charge is -2.07. The Bertz CT molecular complexity index is 1290. The Morgan fingerprint density at radius 1 is 0.741 bits per heavy atom. The van der Waals surface area contributed by atoms with Crippen LogP contribution in [0.5, 0.6) is 5.75 Å². The number of ether oxygens (including phenoxy) is 1. The Labute approximate surface area is 155 Å². The third-order valence-corrected chi connectivity index (χ3v) is 4.79. The molecule has 1 aromatic heterocycles. The van der Waals surface area contributed by atoms with E-state index in [0.29, 0.717) is 5.75 Å². The maximum Gasteiger partial charge on any atom is 0.315 e. The standard InChI is InChI=1S/C24H16O3/c25-24(14-17-8-5-7-16-6-1-2-9-19(16)17)26-18-12-13-23-21(15-18)20-10-3-4-11-22(20)27-23/h1-13,15H,14H2. The molecule has 5 aromatic rings. The van der Waals surface area contributed by atoms with Crippen LogP contribution in [0.1, 0.15) is 5.56 Å². The van der Waals surface area contributed by atoms with Crippen LogP contribution in [-0.4, -0.2) is 5.97 Å². The maximum absolute atomic E-state index is 12.5. The van der Waals surface area contributed by atoms with E-state index >= 15 is 0 Å². The van der Waals surface area contributed by atoms with E-state index in [1.807, 2.05) is 78.9 Å². The van der Waals surface area contributed by atoms with E-state index in [1.54, 1.807) is 6.07 Å². The molecule has 0 fully saturated rings. The van der Waals surface area contributed by atoms with Crippen molar-refractivity contribution in [1.29, 1.82) is 0 Å². The second-order valence-electron chi connectivity index (χ2n) is 6.55. The van der Waals surface area contributed by atoms with Gasteiger partial charge in [0.2, 0.25) is 0 Å². The number of hydrogen-bond donors (Lipinski definition) is 0.